The van der Waals surface area contributed by atoms with Gasteiger partial charge in [-0.25, -0.2) is 4.98 Å². The Bertz CT molecular complexity index is 393. The van der Waals surface area contributed by atoms with E-state index in [0.717, 1.165) is 12.4 Å². The van der Waals surface area contributed by atoms with Gasteiger partial charge in [0.05, 0.1) is 0 Å². The molecule has 4 heteroatoms. The van der Waals surface area contributed by atoms with Gasteiger partial charge in [-0.05, 0) is 44.6 Å². The number of pyridine rings is 1. The van der Waals surface area contributed by atoms with Crippen molar-refractivity contribution in [3.8, 4) is 0 Å². The van der Waals surface area contributed by atoms with Crippen LogP contribution in [0, 0.1) is 0 Å². The minimum absolute atomic E-state index is 0.511. The van der Waals surface area contributed by atoms with Crippen molar-refractivity contribution < 1.29 is 0 Å². The first kappa shape index (κ1) is 15.3. The van der Waals surface area contributed by atoms with Gasteiger partial charge in [0.15, 0.2) is 0 Å². The first-order valence-corrected chi connectivity index (χ1v) is 7.66. The van der Waals surface area contributed by atoms with Crippen molar-refractivity contribution in [3.05, 3.63) is 23.9 Å². The highest BCUT2D eigenvalue weighted by Gasteiger charge is 2.21. The molecule has 1 aromatic rings. The SMILES string of the molecule is CC(C)NCc1ccc(N(C)C2CCN(C)CC2)nc1. The van der Waals surface area contributed by atoms with Gasteiger partial charge < -0.3 is 15.1 Å². The molecule has 1 aliphatic heterocycles. The third-order valence-electron chi connectivity index (χ3n) is 4.12. The largest absolute Gasteiger partial charge is 0.357 e. The molecule has 0 amide bonds. The summed E-state index contributed by atoms with van der Waals surface area (Å²) in [6, 6.07) is 5.47. The molecule has 1 saturated heterocycles. The molecule has 1 fully saturated rings. The Hall–Kier alpha value is -1.13. The Labute approximate surface area is 123 Å². The lowest BCUT2D eigenvalue weighted by molar-refractivity contribution is 0.252. The third-order valence-corrected chi connectivity index (χ3v) is 4.12. The normalized spacial score (nSPS) is 17.6. The molecule has 0 radical (unpaired) electrons. The summed E-state index contributed by atoms with van der Waals surface area (Å²) in [5.41, 5.74) is 1.25. The van der Waals surface area contributed by atoms with Gasteiger partial charge in [-0.3, -0.25) is 0 Å². The highest BCUT2D eigenvalue weighted by molar-refractivity contribution is 5.39. The fourth-order valence-corrected chi connectivity index (χ4v) is 2.62. The highest BCUT2D eigenvalue weighted by atomic mass is 15.2. The molecule has 1 aromatic heterocycles. The van der Waals surface area contributed by atoms with Crippen molar-refractivity contribution in [2.75, 3.05) is 32.1 Å². The van der Waals surface area contributed by atoms with Crippen LogP contribution in [-0.4, -0.2) is 49.2 Å². The lowest BCUT2D eigenvalue weighted by Crippen LogP contribution is -2.42. The molecule has 4 nitrogen and oxygen atoms in total. The summed E-state index contributed by atoms with van der Waals surface area (Å²) in [6.07, 6.45) is 4.45. The van der Waals surface area contributed by atoms with Gasteiger partial charge in [-0.15, -0.1) is 0 Å². The van der Waals surface area contributed by atoms with Crippen molar-refractivity contribution in [3.63, 3.8) is 0 Å². The number of likely N-dealkylation sites (tertiary alicyclic amines) is 1. The van der Waals surface area contributed by atoms with Crippen LogP contribution in [0.1, 0.15) is 32.3 Å². The number of rotatable bonds is 5. The van der Waals surface area contributed by atoms with Crippen LogP contribution in [-0.2, 0) is 6.54 Å². The van der Waals surface area contributed by atoms with Gasteiger partial charge in [-0.1, -0.05) is 19.9 Å². The topological polar surface area (TPSA) is 31.4 Å². The molecule has 0 unspecified atom stereocenters. The Balaban J connectivity index is 1.91. The zero-order valence-corrected chi connectivity index (χ0v) is 13.3. The number of nitrogens with one attached hydrogen (secondary N) is 1. The predicted molar refractivity (Wildman–Crippen MR) is 85.1 cm³/mol. The van der Waals surface area contributed by atoms with Gasteiger partial charge in [0, 0.05) is 31.9 Å². The maximum Gasteiger partial charge on any atom is 0.128 e. The Morgan fingerprint density at radius 3 is 2.60 bits per heavy atom. The van der Waals surface area contributed by atoms with E-state index in [-0.39, 0.29) is 0 Å². The number of hydrogen-bond donors (Lipinski definition) is 1. The summed E-state index contributed by atoms with van der Waals surface area (Å²) >= 11 is 0. The van der Waals surface area contributed by atoms with Gasteiger partial charge in [0.2, 0.25) is 0 Å². The van der Waals surface area contributed by atoms with E-state index in [2.05, 4.69) is 60.2 Å². The fraction of sp³-hybridized carbons (Fsp3) is 0.688. The third kappa shape index (κ3) is 4.18. The van der Waals surface area contributed by atoms with Crippen molar-refractivity contribution in [1.29, 1.82) is 0 Å². The average Bonchev–Trinajstić information content (AvgIpc) is 2.46. The van der Waals surface area contributed by atoms with E-state index in [4.69, 9.17) is 0 Å². The van der Waals surface area contributed by atoms with Crippen LogP contribution in [0.15, 0.2) is 18.3 Å². The monoisotopic (exact) mass is 276 g/mol. The number of aromatic nitrogens is 1. The van der Waals surface area contributed by atoms with Crippen LogP contribution in [0.2, 0.25) is 0 Å². The molecule has 1 aliphatic rings. The molecule has 1 N–H and O–H groups in total. The van der Waals surface area contributed by atoms with Crippen LogP contribution in [0.25, 0.3) is 0 Å². The van der Waals surface area contributed by atoms with Gasteiger partial charge >= 0.3 is 0 Å². The number of hydrogen-bond acceptors (Lipinski definition) is 4. The van der Waals surface area contributed by atoms with E-state index in [1.54, 1.807) is 0 Å². The minimum atomic E-state index is 0.511. The summed E-state index contributed by atoms with van der Waals surface area (Å²) in [7, 11) is 4.37. The molecular weight excluding hydrogens is 248 g/mol. The smallest absolute Gasteiger partial charge is 0.128 e. The van der Waals surface area contributed by atoms with Crippen molar-refractivity contribution in [2.45, 2.75) is 45.3 Å². The first-order valence-electron chi connectivity index (χ1n) is 7.66. The summed E-state index contributed by atoms with van der Waals surface area (Å²) in [5.74, 6) is 1.09. The number of anilines is 1. The molecule has 0 atom stereocenters. The van der Waals surface area contributed by atoms with Crippen molar-refractivity contribution >= 4 is 5.82 Å². The van der Waals surface area contributed by atoms with E-state index in [9.17, 15) is 0 Å². The van der Waals surface area contributed by atoms with E-state index in [0.29, 0.717) is 12.1 Å². The molecule has 2 rings (SSSR count). The highest BCUT2D eigenvalue weighted by Crippen LogP contribution is 2.20. The van der Waals surface area contributed by atoms with E-state index in [1.807, 2.05) is 6.20 Å². The zero-order valence-electron chi connectivity index (χ0n) is 13.3. The van der Waals surface area contributed by atoms with Crippen LogP contribution in [0.4, 0.5) is 5.82 Å². The predicted octanol–water partition coefficient (Wildman–Crippen LogP) is 2.11. The van der Waals surface area contributed by atoms with E-state index >= 15 is 0 Å². The quantitative estimate of drug-likeness (QED) is 0.892. The summed E-state index contributed by atoms with van der Waals surface area (Å²) in [6.45, 7) is 7.59. The van der Waals surface area contributed by atoms with Crippen LogP contribution < -0.4 is 10.2 Å². The molecule has 0 aromatic carbocycles. The maximum absolute atomic E-state index is 4.62. The Morgan fingerprint density at radius 1 is 1.35 bits per heavy atom. The fourth-order valence-electron chi connectivity index (χ4n) is 2.62. The standard InChI is InChI=1S/C16H28N4/c1-13(2)17-11-14-5-6-16(18-12-14)20(4)15-7-9-19(3)10-8-15/h5-6,12-13,15,17H,7-11H2,1-4H3. The maximum atomic E-state index is 4.62. The van der Waals surface area contributed by atoms with Crippen LogP contribution >= 0.6 is 0 Å². The first-order chi connectivity index (χ1) is 9.56. The molecular formula is C16H28N4. The lowest BCUT2D eigenvalue weighted by Gasteiger charge is -2.35. The summed E-state index contributed by atoms with van der Waals surface area (Å²) in [5, 5.41) is 3.42. The Morgan fingerprint density at radius 2 is 2.05 bits per heavy atom. The number of piperidine rings is 1. The van der Waals surface area contributed by atoms with Crippen molar-refractivity contribution in [2.24, 2.45) is 0 Å². The molecule has 0 saturated carbocycles. The Kier molecular flexibility index (Phi) is 5.38. The lowest BCUT2D eigenvalue weighted by atomic mass is 10.0. The van der Waals surface area contributed by atoms with Gasteiger partial charge in [0.25, 0.3) is 0 Å². The van der Waals surface area contributed by atoms with Crippen molar-refractivity contribution in [1.82, 2.24) is 15.2 Å². The minimum Gasteiger partial charge on any atom is -0.357 e. The molecule has 0 bridgehead atoms. The summed E-state index contributed by atoms with van der Waals surface area (Å²) < 4.78 is 0. The number of nitrogens with zero attached hydrogens (tertiary/aromatic N) is 3. The van der Waals surface area contributed by atoms with Gasteiger partial charge in [-0.2, -0.15) is 0 Å². The van der Waals surface area contributed by atoms with Crippen LogP contribution in [0.5, 0.6) is 0 Å². The molecule has 0 spiro atoms. The molecule has 112 valence electrons. The molecule has 20 heavy (non-hydrogen) atoms. The average molecular weight is 276 g/mol. The zero-order chi connectivity index (χ0) is 14.5. The second kappa shape index (κ2) is 7.04. The van der Waals surface area contributed by atoms with Crippen LogP contribution in [0.3, 0.4) is 0 Å². The van der Waals surface area contributed by atoms with E-state index < -0.39 is 0 Å². The van der Waals surface area contributed by atoms with Gasteiger partial charge in [0.1, 0.15) is 5.82 Å². The molecule has 2 heterocycles. The summed E-state index contributed by atoms with van der Waals surface area (Å²) in [4.78, 5) is 9.36. The second-order valence-electron chi connectivity index (χ2n) is 6.21. The molecule has 0 aliphatic carbocycles. The van der Waals surface area contributed by atoms with E-state index in [1.165, 1.54) is 31.5 Å². The second-order valence-corrected chi connectivity index (χ2v) is 6.21.